The number of carbonyl (C=O) groups is 5. The minimum absolute atomic E-state index is 0.00714. The van der Waals surface area contributed by atoms with Gasteiger partial charge in [-0.15, -0.1) is 0 Å². The average Bonchev–Trinajstić information content (AvgIpc) is 3.93. The molecule has 2 aromatic rings. The summed E-state index contributed by atoms with van der Waals surface area (Å²) >= 11 is 0. The number of hydrogen-bond acceptors (Lipinski definition) is 8. The molecule has 15 nitrogen and oxygen atoms in total. The SMILES string of the molecule is CC1CCC(C=[N+](CCNC(=O)c2cnn(C3CCN(C(=O)CCCCCCCCCCNC(=O)C4CC(=O)N(C)C4)CC3)c2)c2ccnc(C(N)=O)c2)O1. The van der Waals surface area contributed by atoms with Crippen LogP contribution in [0.5, 0.6) is 0 Å². The second kappa shape index (κ2) is 20.9. The normalized spacial score (nSPS) is 20.6. The van der Waals surface area contributed by atoms with Crippen LogP contribution in [0, 0.1) is 5.92 Å². The number of primary amides is 1. The van der Waals surface area contributed by atoms with E-state index < -0.39 is 5.91 Å². The molecule has 0 aromatic carbocycles. The zero-order valence-corrected chi connectivity index (χ0v) is 32.6. The molecule has 0 saturated carbocycles. The summed E-state index contributed by atoms with van der Waals surface area (Å²) in [6.07, 6.45) is 19.9. The zero-order chi connectivity index (χ0) is 39.2. The highest BCUT2D eigenvalue weighted by molar-refractivity contribution is 5.93. The molecule has 0 spiro atoms. The van der Waals surface area contributed by atoms with E-state index in [1.54, 1.807) is 42.7 Å². The van der Waals surface area contributed by atoms with Gasteiger partial charge in [0.25, 0.3) is 11.8 Å². The maximum atomic E-state index is 13.1. The molecule has 2 aromatic heterocycles. The fourth-order valence-electron chi connectivity index (χ4n) is 7.61. The predicted molar refractivity (Wildman–Crippen MR) is 207 cm³/mol. The van der Waals surface area contributed by atoms with Gasteiger partial charge >= 0.3 is 0 Å². The third-order valence-electron chi connectivity index (χ3n) is 11.0. The Balaban J connectivity index is 0.930. The van der Waals surface area contributed by atoms with Gasteiger partial charge in [-0.3, -0.25) is 33.6 Å². The summed E-state index contributed by atoms with van der Waals surface area (Å²) in [5.41, 5.74) is 6.86. The molecule has 3 fully saturated rings. The van der Waals surface area contributed by atoms with Crippen molar-refractivity contribution in [1.29, 1.82) is 0 Å². The third kappa shape index (κ3) is 12.7. The number of nitrogens with zero attached hydrogens (tertiary/aromatic N) is 6. The average molecular weight is 763 g/mol. The number of aromatic nitrogens is 3. The number of likely N-dealkylation sites (tertiary alicyclic amines) is 2. The molecule has 0 aliphatic carbocycles. The lowest BCUT2D eigenvalue weighted by Gasteiger charge is -2.32. The summed E-state index contributed by atoms with van der Waals surface area (Å²) in [7, 11) is 1.74. The van der Waals surface area contributed by atoms with Crippen molar-refractivity contribution in [3.63, 3.8) is 0 Å². The largest absolute Gasteiger partial charge is 0.365 e. The molecule has 3 unspecified atom stereocenters. The second-order valence-corrected chi connectivity index (χ2v) is 15.3. The number of hydrogen-bond donors (Lipinski definition) is 3. The quantitative estimate of drug-likeness (QED) is 0.104. The minimum Gasteiger partial charge on any atom is -0.365 e. The van der Waals surface area contributed by atoms with Crippen molar-refractivity contribution in [2.45, 2.75) is 115 Å². The van der Waals surface area contributed by atoms with E-state index in [2.05, 4.69) is 20.7 Å². The molecule has 300 valence electrons. The molecule has 3 atom stereocenters. The maximum Gasteiger partial charge on any atom is 0.267 e. The topological polar surface area (TPSA) is 185 Å². The smallest absolute Gasteiger partial charge is 0.267 e. The summed E-state index contributed by atoms with van der Waals surface area (Å²) in [4.78, 5) is 69.2. The van der Waals surface area contributed by atoms with Gasteiger partial charge in [-0.25, -0.2) is 0 Å². The van der Waals surface area contributed by atoms with Gasteiger partial charge in [0.1, 0.15) is 11.8 Å². The van der Waals surface area contributed by atoms with Gasteiger partial charge in [0.2, 0.25) is 23.4 Å². The lowest BCUT2D eigenvalue weighted by molar-refractivity contribution is -0.436. The summed E-state index contributed by atoms with van der Waals surface area (Å²) in [5, 5.41) is 10.5. The lowest BCUT2D eigenvalue weighted by Crippen LogP contribution is -2.39. The zero-order valence-electron chi connectivity index (χ0n) is 32.6. The van der Waals surface area contributed by atoms with Crippen molar-refractivity contribution in [3.05, 3.63) is 42.0 Å². The predicted octanol–water partition coefficient (Wildman–Crippen LogP) is 3.36. The Morgan fingerprint density at radius 2 is 1.71 bits per heavy atom. The van der Waals surface area contributed by atoms with Crippen LogP contribution in [0.2, 0.25) is 0 Å². The third-order valence-corrected chi connectivity index (χ3v) is 11.0. The number of rotatable bonds is 20. The van der Waals surface area contributed by atoms with E-state index in [9.17, 15) is 24.0 Å². The van der Waals surface area contributed by atoms with Gasteiger partial charge in [-0.05, 0) is 45.4 Å². The highest BCUT2D eigenvalue weighted by Gasteiger charge is 2.32. The van der Waals surface area contributed by atoms with E-state index in [4.69, 9.17) is 10.5 Å². The van der Waals surface area contributed by atoms with Crippen LogP contribution in [0.3, 0.4) is 0 Å². The first-order chi connectivity index (χ1) is 26.6. The Kier molecular flexibility index (Phi) is 15.7. The molecule has 4 N–H and O–H groups in total. The molecular formula is C40H60N9O6+. The van der Waals surface area contributed by atoms with Crippen molar-refractivity contribution in [1.82, 2.24) is 35.2 Å². The summed E-state index contributed by atoms with van der Waals surface area (Å²) in [5.74, 6) is -0.784. The monoisotopic (exact) mass is 762 g/mol. The Bertz CT molecular complexity index is 1650. The fourth-order valence-corrected chi connectivity index (χ4v) is 7.61. The molecule has 3 saturated heterocycles. The van der Waals surface area contributed by atoms with E-state index in [1.165, 1.54) is 0 Å². The Morgan fingerprint density at radius 1 is 0.982 bits per heavy atom. The summed E-state index contributed by atoms with van der Waals surface area (Å²) < 4.78 is 9.81. The number of ether oxygens (including phenoxy) is 1. The van der Waals surface area contributed by atoms with Crippen LogP contribution in [-0.2, 0) is 19.1 Å². The van der Waals surface area contributed by atoms with Gasteiger partial charge in [0.15, 0.2) is 12.8 Å². The first kappa shape index (κ1) is 41.5. The van der Waals surface area contributed by atoms with Gasteiger partial charge in [-0.1, -0.05) is 38.5 Å². The van der Waals surface area contributed by atoms with Crippen LogP contribution in [0.4, 0.5) is 5.69 Å². The number of amides is 5. The summed E-state index contributed by atoms with van der Waals surface area (Å²) in [6, 6.07) is 3.57. The summed E-state index contributed by atoms with van der Waals surface area (Å²) in [6.45, 7) is 5.40. The first-order valence-corrected chi connectivity index (χ1v) is 20.2. The van der Waals surface area contributed by atoms with Crippen LogP contribution in [0.1, 0.15) is 124 Å². The van der Waals surface area contributed by atoms with Crippen molar-refractivity contribution in [2.24, 2.45) is 11.7 Å². The van der Waals surface area contributed by atoms with Crippen LogP contribution < -0.4 is 16.4 Å². The fraction of sp³-hybridized carbons (Fsp3) is 0.650. The van der Waals surface area contributed by atoms with Crippen molar-refractivity contribution >= 4 is 41.4 Å². The number of pyridine rings is 1. The number of nitrogens with one attached hydrogen (secondary N) is 2. The molecular weight excluding hydrogens is 702 g/mol. The first-order valence-electron chi connectivity index (χ1n) is 20.2. The molecule has 55 heavy (non-hydrogen) atoms. The van der Waals surface area contributed by atoms with Crippen molar-refractivity contribution < 1.29 is 33.3 Å². The van der Waals surface area contributed by atoms with Gasteiger partial charge in [0, 0.05) is 70.6 Å². The Hall–Kier alpha value is -4.66. The van der Waals surface area contributed by atoms with Crippen LogP contribution >= 0.6 is 0 Å². The minimum atomic E-state index is -0.605. The number of carbonyl (C=O) groups excluding carboxylic acids is 5. The van der Waals surface area contributed by atoms with Crippen LogP contribution in [-0.4, -0.2) is 123 Å². The van der Waals surface area contributed by atoms with Gasteiger partial charge in [0.05, 0.1) is 36.4 Å². The lowest BCUT2D eigenvalue weighted by atomic mass is 10.0. The standard InChI is InChI=1S/C40H59N9O6/c1-29-12-13-34(55-29)28-48(33-14-18-42-35(24-33)38(41)52)22-19-44-40(54)31-25-45-49(27-31)32-15-20-47(21-16-32)36(50)11-9-7-5-3-4-6-8-10-17-43-39(53)30-23-37(51)46(2)26-30/h14,18,24-25,27-30,32,34H,3-13,15-17,19-23,26H2,1-2H3,(H3-,41,43,44,52,53,54)/p+1. The molecule has 3 aliphatic rings. The molecule has 15 heteroatoms. The van der Waals surface area contributed by atoms with Crippen LogP contribution in [0.25, 0.3) is 0 Å². The second-order valence-electron chi connectivity index (χ2n) is 15.3. The highest BCUT2D eigenvalue weighted by Crippen LogP contribution is 2.24. The van der Waals surface area contributed by atoms with Crippen molar-refractivity contribution in [2.75, 3.05) is 46.3 Å². The molecule has 3 aliphatic heterocycles. The molecule has 5 amide bonds. The number of nitrogens with two attached hydrogens (primary N) is 1. The molecule has 0 bridgehead atoms. The number of unbranched alkanes of at least 4 members (excludes halogenated alkanes) is 7. The van der Waals surface area contributed by atoms with E-state index in [1.807, 2.05) is 27.3 Å². The van der Waals surface area contributed by atoms with Gasteiger partial charge in [-0.2, -0.15) is 9.67 Å². The van der Waals surface area contributed by atoms with E-state index in [0.717, 1.165) is 82.7 Å². The molecule has 0 radical (unpaired) electrons. The Morgan fingerprint density at radius 3 is 2.38 bits per heavy atom. The van der Waals surface area contributed by atoms with Crippen molar-refractivity contribution in [3.8, 4) is 0 Å². The number of piperidine rings is 1. The highest BCUT2D eigenvalue weighted by atomic mass is 16.5. The van der Waals surface area contributed by atoms with Gasteiger partial charge < -0.3 is 30.9 Å². The van der Waals surface area contributed by atoms with E-state index >= 15 is 0 Å². The maximum absolute atomic E-state index is 13.1. The van der Waals surface area contributed by atoms with Crippen LogP contribution in [0.15, 0.2) is 30.7 Å². The molecule has 5 heterocycles. The Labute approximate surface area is 324 Å². The van der Waals surface area contributed by atoms with E-state index in [-0.39, 0.29) is 53.5 Å². The molecule has 5 rings (SSSR count). The van der Waals surface area contributed by atoms with E-state index in [0.29, 0.717) is 57.7 Å².